The fourth-order valence-corrected chi connectivity index (χ4v) is 3.68. The van der Waals surface area contributed by atoms with Crippen molar-refractivity contribution in [1.29, 1.82) is 0 Å². The van der Waals surface area contributed by atoms with E-state index in [2.05, 4.69) is 56.6 Å². The molecule has 30 heavy (non-hydrogen) atoms. The Kier molecular flexibility index (Phi) is 15.3. The van der Waals surface area contributed by atoms with E-state index in [1.54, 1.807) is 6.92 Å². The van der Waals surface area contributed by atoms with Crippen molar-refractivity contribution in [3.05, 3.63) is 34.9 Å². The highest BCUT2D eigenvalue weighted by atomic mass is 32.2. The van der Waals surface area contributed by atoms with Gasteiger partial charge in [0.2, 0.25) is 5.91 Å². The lowest BCUT2D eigenvalue weighted by Gasteiger charge is -2.24. The van der Waals surface area contributed by atoms with Crippen molar-refractivity contribution in [2.45, 2.75) is 85.5 Å². The number of carbonyl (C=O) groups excluding carboxylic acids is 1. The topological polar surface area (TPSA) is 98.7 Å². The van der Waals surface area contributed by atoms with Crippen LogP contribution >= 0.6 is 11.8 Å². The predicted molar refractivity (Wildman–Crippen MR) is 127 cm³/mol. The normalized spacial score (nSPS) is 15.3. The summed E-state index contributed by atoms with van der Waals surface area (Å²) in [4.78, 5) is 22.5. The molecule has 0 saturated carbocycles. The summed E-state index contributed by atoms with van der Waals surface area (Å²) in [5, 5.41) is 24.6. The third-order valence-corrected chi connectivity index (χ3v) is 5.50. The van der Waals surface area contributed by atoms with Crippen molar-refractivity contribution in [3.63, 3.8) is 0 Å². The number of aliphatic carboxylic acids is 1. The molecule has 0 aliphatic rings. The first-order valence-corrected chi connectivity index (χ1v) is 11.6. The Morgan fingerprint density at radius 2 is 1.53 bits per heavy atom. The predicted octanol–water partition coefficient (Wildman–Crippen LogP) is 4.02. The number of aliphatic hydroxyl groups excluding tert-OH is 1. The third-order valence-electron chi connectivity index (χ3n) is 4.53. The molecule has 0 bridgehead atoms. The van der Waals surface area contributed by atoms with Crippen LogP contribution in [-0.2, 0) is 9.59 Å². The Morgan fingerprint density at radius 1 is 0.967 bits per heavy atom. The molecule has 7 heteroatoms. The molecule has 0 aromatic rings. The highest BCUT2D eigenvalue weighted by molar-refractivity contribution is 7.99. The van der Waals surface area contributed by atoms with Gasteiger partial charge in [-0.25, -0.2) is 0 Å². The van der Waals surface area contributed by atoms with Crippen LogP contribution in [0.1, 0.15) is 67.2 Å². The molecule has 0 rings (SSSR count). The summed E-state index contributed by atoms with van der Waals surface area (Å²) in [5.74, 6) is -0.251. The molecular weight excluding hydrogens is 400 g/mol. The maximum atomic E-state index is 11.4. The fraction of sp³-hybridized carbons (Fsp3) is 0.652. The average Bonchev–Trinajstić information content (AvgIpc) is 2.62. The van der Waals surface area contributed by atoms with Crippen molar-refractivity contribution in [1.82, 2.24) is 10.6 Å². The van der Waals surface area contributed by atoms with Crippen LogP contribution in [0.3, 0.4) is 0 Å². The van der Waals surface area contributed by atoms with Gasteiger partial charge in [0.05, 0.1) is 6.04 Å². The summed E-state index contributed by atoms with van der Waals surface area (Å²) in [5.41, 5.74) is 4.06. The number of aliphatic hydroxyl groups is 1. The van der Waals surface area contributed by atoms with Crippen LogP contribution in [0.25, 0.3) is 0 Å². The van der Waals surface area contributed by atoms with Crippen LogP contribution in [0.15, 0.2) is 34.9 Å². The molecule has 0 aliphatic carbocycles. The van der Waals surface area contributed by atoms with Gasteiger partial charge in [0, 0.05) is 18.4 Å². The number of carboxylic acids is 1. The molecule has 0 fully saturated rings. The quantitative estimate of drug-likeness (QED) is 0.174. The van der Waals surface area contributed by atoms with Crippen molar-refractivity contribution < 1.29 is 19.8 Å². The number of amides is 1. The summed E-state index contributed by atoms with van der Waals surface area (Å²) in [7, 11) is 0. The zero-order valence-corrected chi connectivity index (χ0v) is 20.1. The minimum absolute atomic E-state index is 0.275. The molecule has 0 aromatic carbocycles. The van der Waals surface area contributed by atoms with Gasteiger partial charge >= 0.3 is 5.97 Å². The first kappa shape index (κ1) is 28.4. The SMILES string of the molecule is CC(=O)NC(C)C(O)N[C@@H](CSC/C=C(\C)CC/C=C(\C)CCC=C(C)C)C(=O)O. The standard InChI is InChI=1S/C23H40N2O4S/c1-16(2)9-7-10-17(3)11-8-12-18(4)13-14-30-15-21(23(28)29)25-22(27)19(5)24-20(6)26/h9,11,13,19,21-22,25,27H,7-8,10,12,14-15H2,1-6H3,(H,24,26)(H,28,29)/b17-11+,18-13+/t19?,21-,22?/m0/s1. The molecule has 0 heterocycles. The van der Waals surface area contributed by atoms with Gasteiger partial charge < -0.3 is 15.5 Å². The Bertz CT molecular complexity index is 625. The highest BCUT2D eigenvalue weighted by Gasteiger charge is 2.23. The van der Waals surface area contributed by atoms with Gasteiger partial charge in [0.15, 0.2) is 0 Å². The lowest BCUT2D eigenvalue weighted by atomic mass is 10.1. The smallest absolute Gasteiger partial charge is 0.321 e. The minimum atomic E-state index is -1.13. The zero-order valence-electron chi connectivity index (χ0n) is 19.3. The van der Waals surface area contributed by atoms with Gasteiger partial charge in [-0.15, -0.1) is 0 Å². The number of allylic oxidation sites excluding steroid dienone is 5. The molecule has 0 saturated heterocycles. The van der Waals surface area contributed by atoms with Crippen molar-refractivity contribution in [2.24, 2.45) is 0 Å². The van der Waals surface area contributed by atoms with Crippen molar-refractivity contribution in [3.8, 4) is 0 Å². The van der Waals surface area contributed by atoms with E-state index in [1.807, 2.05) is 0 Å². The summed E-state index contributed by atoms with van der Waals surface area (Å²) >= 11 is 1.50. The Hall–Kier alpha value is -1.57. The fourth-order valence-electron chi connectivity index (χ4n) is 2.67. The number of rotatable bonds is 15. The van der Waals surface area contributed by atoms with Crippen LogP contribution in [0.5, 0.6) is 0 Å². The molecular formula is C23H40N2O4S. The van der Waals surface area contributed by atoms with E-state index in [9.17, 15) is 19.8 Å². The second-order valence-corrected chi connectivity index (χ2v) is 9.06. The van der Waals surface area contributed by atoms with Gasteiger partial charge in [0.1, 0.15) is 12.3 Å². The molecule has 3 atom stereocenters. The Labute approximate surface area is 186 Å². The van der Waals surface area contributed by atoms with Gasteiger partial charge in [-0.1, -0.05) is 34.9 Å². The Morgan fingerprint density at radius 3 is 2.07 bits per heavy atom. The number of carbonyl (C=O) groups is 2. The first-order valence-electron chi connectivity index (χ1n) is 10.5. The van der Waals surface area contributed by atoms with E-state index in [0.29, 0.717) is 5.75 Å². The van der Waals surface area contributed by atoms with E-state index >= 15 is 0 Å². The van der Waals surface area contributed by atoms with Crippen LogP contribution in [-0.4, -0.2) is 51.9 Å². The van der Waals surface area contributed by atoms with Crippen molar-refractivity contribution in [2.75, 3.05) is 11.5 Å². The van der Waals surface area contributed by atoms with Crippen LogP contribution in [0.2, 0.25) is 0 Å². The Balaban J connectivity index is 4.30. The van der Waals surface area contributed by atoms with E-state index < -0.39 is 24.3 Å². The van der Waals surface area contributed by atoms with Crippen LogP contribution < -0.4 is 10.6 Å². The number of hydrogen-bond donors (Lipinski definition) is 4. The zero-order chi connectivity index (χ0) is 23.1. The van der Waals surface area contributed by atoms with Gasteiger partial charge in [-0.2, -0.15) is 11.8 Å². The molecule has 4 N–H and O–H groups in total. The maximum Gasteiger partial charge on any atom is 0.321 e. The maximum absolute atomic E-state index is 11.4. The van der Waals surface area contributed by atoms with Gasteiger partial charge in [-0.05, 0) is 60.3 Å². The molecule has 0 radical (unpaired) electrons. The first-order chi connectivity index (χ1) is 14.0. The molecule has 0 aliphatic heterocycles. The molecule has 0 aromatic heterocycles. The summed E-state index contributed by atoms with van der Waals surface area (Å²) in [6.07, 6.45) is 9.76. The van der Waals surface area contributed by atoms with Crippen molar-refractivity contribution >= 4 is 23.6 Å². The third kappa shape index (κ3) is 15.3. The van der Waals surface area contributed by atoms with E-state index in [4.69, 9.17) is 0 Å². The molecule has 1 amide bonds. The second-order valence-electron chi connectivity index (χ2n) is 7.99. The van der Waals surface area contributed by atoms with Crippen LogP contribution in [0.4, 0.5) is 0 Å². The number of thioether (sulfide) groups is 1. The molecule has 172 valence electrons. The number of hydrogen-bond acceptors (Lipinski definition) is 5. The van der Waals surface area contributed by atoms with Crippen LogP contribution in [0, 0.1) is 0 Å². The average molecular weight is 441 g/mol. The van der Waals surface area contributed by atoms with Gasteiger partial charge in [-0.3, -0.25) is 14.9 Å². The number of carboxylic acid groups (broad SMARTS) is 1. The van der Waals surface area contributed by atoms with E-state index in [-0.39, 0.29) is 5.91 Å². The van der Waals surface area contributed by atoms with Gasteiger partial charge in [0.25, 0.3) is 0 Å². The summed E-state index contributed by atoms with van der Waals surface area (Å²) < 4.78 is 0. The van der Waals surface area contributed by atoms with E-state index in [1.165, 1.54) is 35.4 Å². The second kappa shape index (κ2) is 16.2. The largest absolute Gasteiger partial charge is 0.480 e. The lowest BCUT2D eigenvalue weighted by molar-refractivity contribution is -0.140. The lowest BCUT2D eigenvalue weighted by Crippen LogP contribution is -2.53. The molecule has 0 spiro atoms. The monoisotopic (exact) mass is 440 g/mol. The molecule has 6 nitrogen and oxygen atoms in total. The van der Waals surface area contributed by atoms with E-state index in [0.717, 1.165) is 31.4 Å². The summed E-state index contributed by atoms with van der Waals surface area (Å²) in [6, 6.07) is -1.46. The number of nitrogens with one attached hydrogen (secondary N) is 2. The summed E-state index contributed by atoms with van der Waals surface area (Å²) in [6.45, 7) is 11.5. The highest BCUT2D eigenvalue weighted by Crippen LogP contribution is 2.13. The minimum Gasteiger partial charge on any atom is -0.480 e. The molecule has 2 unspecified atom stereocenters.